The number of carbonyl (C=O) groups is 1. The second-order valence-corrected chi connectivity index (χ2v) is 6.07. The zero-order valence-electron chi connectivity index (χ0n) is 11.2. The van der Waals surface area contributed by atoms with Gasteiger partial charge in [0.2, 0.25) is 5.91 Å². The largest absolute Gasteiger partial charge is 0.353 e. The number of likely N-dealkylation sites (tertiary alicyclic amines) is 1. The summed E-state index contributed by atoms with van der Waals surface area (Å²) in [6.45, 7) is 4.36. The average molecular weight is 251 g/mol. The van der Waals surface area contributed by atoms with Gasteiger partial charge in [0.05, 0.1) is 0 Å². The molecule has 3 fully saturated rings. The maximum Gasteiger partial charge on any atom is 0.223 e. The Balaban J connectivity index is 1.41. The first kappa shape index (κ1) is 12.4. The van der Waals surface area contributed by atoms with E-state index in [1.165, 1.54) is 25.9 Å². The van der Waals surface area contributed by atoms with Gasteiger partial charge < -0.3 is 15.5 Å². The van der Waals surface area contributed by atoms with E-state index >= 15 is 0 Å². The lowest BCUT2D eigenvalue weighted by molar-refractivity contribution is -0.126. The highest BCUT2D eigenvalue weighted by molar-refractivity contribution is 5.79. The quantitative estimate of drug-likeness (QED) is 0.777. The Morgan fingerprint density at radius 3 is 2.28 bits per heavy atom. The molecule has 0 aromatic rings. The minimum Gasteiger partial charge on any atom is -0.353 e. The minimum absolute atomic E-state index is 0.257. The predicted octanol–water partition coefficient (Wildman–Crippen LogP) is 0.729. The zero-order chi connectivity index (χ0) is 12.4. The van der Waals surface area contributed by atoms with Crippen molar-refractivity contribution in [2.24, 2.45) is 5.92 Å². The van der Waals surface area contributed by atoms with Gasteiger partial charge in [0, 0.05) is 31.1 Å². The summed E-state index contributed by atoms with van der Waals surface area (Å²) in [5, 5.41) is 6.59. The van der Waals surface area contributed by atoms with Gasteiger partial charge in [0.1, 0.15) is 0 Å². The van der Waals surface area contributed by atoms with Crippen molar-refractivity contribution in [1.29, 1.82) is 0 Å². The maximum absolute atomic E-state index is 12.1. The summed E-state index contributed by atoms with van der Waals surface area (Å²) >= 11 is 0. The molecule has 2 saturated heterocycles. The van der Waals surface area contributed by atoms with Crippen molar-refractivity contribution in [1.82, 2.24) is 15.5 Å². The number of rotatable bonds is 3. The summed E-state index contributed by atoms with van der Waals surface area (Å²) in [6.07, 6.45) is 7.10. The van der Waals surface area contributed by atoms with E-state index in [1.54, 1.807) is 0 Å². The molecule has 0 bridgehead atoms. The maximum atomic E-state index is 12.1. The second-order valence-electron chi connectivity index (χ2n) is 6.07. The molecular formula is C14H25N3O. The SMILES string of the molecule is O=C(NC1CCN(C2CC2)CC1)C1CCNCC1. The van der Waals surface area contributed by atoms with Crippen molar-refractivity contribution in [3.63, 3.8) is 0 Å². The molecule has 0 atom stereocenters. The van der Waals surface area contributed by atoms with Gasteiger partial charge in [-0.05, 0) is 51.6 Å². The van der Waals surface area contributed by atoms with Gasteiger partial charge in [0.15, 0.2) is 0 Å². The Bertz CT molecular complexity index is 289. The number of nitrogens with zero attached hydrogens (tertiary/aromatic N) is 1. The van der Waals surface area contributed by atoms with Crippen molar-refractivity contribution in [2.45, 2.75) is 50.6 Å². The molecule has 0 spiro atoms. The van der Waals surface area contributed by atoms with E-state index in [0.717, 1.165) is 44.8 Å². The molecule has 0 aromatic carbocycles. The fraction of sp³-hybridized carbons (Fsp3) is 0.929. The van der Waals surface area contributed by atoms with Crippen LogP contribution in [0.5, 0.6) is 0 Å². The van der Waals surface area contributed by atoms with Crippen LogP contribution in [0.1, 0.15) is 38.5 Å². The topological polar surface area (TPSA) is 44.4 Å². The van der Waals surface area contributed by atoms with E-state index < -0.39 is 0 Å². The molecule has 1 aliphatic carbocycles. The van der Waals surface area contributed by atoms with E-state index in [1.807, 2.05) is 0 Å². The number of amides is 1. The van der Waals surface area contributed by atoms with E-state index in [4.69, 9.17) is 0 Å². The van der Waals surface area contributed by atoms with E-state index in [0.29, 0.717) is 11.9 Å². The van der Waals surface area contributed by atoms with Crippen LogP contribution in [-0.4, -0.2) is 49.1 Å². The highest BCUT2D eigenvalue weighted by Crippen LogP contribution is 2.29. The van der Waals surface area contributed by atoms with Crippen molar-refractivity contribution < 1.29 is 4.79 Å². The van der Waals surface area contributed by atoms with Crippen molar-refractivity contribution in [2.75, 3.05) is 26.2 Å². The van der Waals surface area contributed by atoms with E-state index in [-0.39, 0.29) is 5.92 Å². The lowest BCUT2D eigenvalue weighted by Crippen LogP contribution is -2.48. The highest BCUT2D eigenvalue weighted by Gasteiger charge is 2.32. The Kier molecular flexibility index (Phi) is 3.85. The highest BCUT2D eigenvalue weighted by atomic mass is 16.1. The predicted molar refractivity (Wildman–Crippen MR) is 71.4 cm³/mol. The third kappa shape index (κ3) is 3.04. The molecule has 0 aromatic heterocycles. The zero-order valence-corrected chi connectivity index (χ0v) is 11.2. The fourth-order valence-electron chi connectivity index (χ4n) is 3.25. The lowest BCUT2D eigenvalue weighted by atomic mass is 9.96. The summed E-state index contributed by atoms with van der Waals surface area (Å²) < 4.78 is 0. The van der Waals surface area contributed by atoms with Crippen LogP contribution in [0.25, 0.3) is 0 Å². The normalized spacial score (nSPS) is 28.2. The van der Waals surface area contributed by atoms with Crippen LogP contribution < -0.4 is 10.6 Å². The first-order chi connectivity index (χ1) is 8.83. The van der Waals surface area contributed by atoms with Crippen molar-refractivity contribution in [3.8, 4) is 0 Å². The summed E-state index contributed by atoms with van der Waals surface area (Å²) in [6, 6.07) is 1.31. The van der Waals surface area contributed by atoms with Crippen LogP contribution in [0, 0.1) is 5.92 Å². The average Bonchev–Trinajstić information content (AvgIpc) is 3.25. The summed E-state index contributed by atoms with van der Waals surface area (Å²) in [4.78, 5) is 14.7. The van der Waals surface area contributed by atoms with Crippen molar-refractivity contribution in [3.05, 3.63) is 0 Å². The fourth-order valence-corrected chi connectivity index (χ4v) is 3.25. The van der Waals surface area contributed by atoms with Crippen LogP contribution in [0.4, 0.5) is 0 Å². The third-order valence-electron chi connectivity index (χ3n) is 4.65. The summed E-state index contributed by atoms with van der Waals surface area (Å²) in [5.74, 6) is 0.564. The number of nitrogens with one attached hydrogen (secondary N) is 2. The van der Waals surface area contributed by atoms with Crippen LogP contribution >= 0.6 is 0 Å². The molecule has 3 aliphatic rings. The third-order valence-corrected chi connectivity index (χ3v) is 4.65. The van der Waals surface area contributed by atoms with Gasteiger partial charge in [-0.25, -0.2) is 0 Å². The molecule has 3 rings (SSSR count). The molecule has 1 saturated carbocycles. The molecule has 4 heteroatoms. The van der Waals surface area contributed by atoms with E-state index in [2.05, 4.69) is 15.5 Å². The molecule has 2 heterocycles. The minimum atomic E-state index is 0.257. The summed E-state index contributed by atoms with van der Waals surface area (Å²) in [7, 11) is 0. The van der Waals surface area contributed by atoms with Gasteiger partial charge in [0.25, 0.3) is 0 Å². The summed E-state index contributed by atoms with van der Waals surface area (Å²) in [5.41, 5.74) is 0. The van der Waals surface area contributed by atoms with Gasteiger partial charge in [-0.3, -0.25) is 4.79 Å². The molecule has 102 valence electrons. The van der Waals surface area contributed by atoms with Crippen LogP contribution in [0.15, 0.2) is 0 Å². The number of hydrogen-bond acceptors (Lipinski definition) is 3. The van der Waals surface area contributed by atoms with Gasteiger partial charge in [-0.1, -0.05) is 0 Å². The Labute approximate surface area is 109 Å². The monoisotopic (exact) mass is 251 g/mol. The van der Waals surface area contributed by atoms with Crippen LogP contribution in [0.3, 0.4) is 0 Å². The molecule has 18 heavy (non-hydrogen) atoms. The Morgan fingerprint density at radius 1 is 1.00 bits per heavy atom. The Morgan fingerprint density at radius 2 is 1.67 bits per heavy atom. The van der Waals surface area contributed by atoms with Crippen LogP contribution in [0.2, 0.25) is 0 Å². The van der Waals surface area contributed by atoms with E-state index in [9.17, 15) is 4.79 Å². The number of hydrogen-bond donors (Lipinski definition) is 2. The van der Waals surface area contributed by atoms with Gasteiger partial charge in [-0.15, -0.1) is 0 Å². The van der Waals surface area contributed by atoms with Crippen LogP contribution in [-0.2, 0) is 4.79 Å². The molecule has 2 N–H and O–H groups in total. The number of piperidine rings is 2. The second kappa shape index (κ2) is 5.57. The number of carbonyl (C=O) groups excluding carboxylic acids is 1. The van der Waals surface area contributed by atoms with Gasteiger partial charge in [-0.2, -0.15) is 0 Å². The first-order valence-corrected chi connectivity index (χ1v) is 7.58. The Hall–Kier alpha value is -0.610. The molecule has 0 unspecified atom stereocenters. The molecule has 0 radical (unpaired) electrons. The molecule has 1 amide bonds. The molecule has 2 aliphatic heterocycles. The first-order valence-electron chi connectivity index (χ1n) is 7.58. The molecule has 4 nitrogen and oxygen atoms in total. The standard InChI is InChI=1S/C14H25N3O/c18-14(11-3-7-15-8-4-11)16-12-5-9-17(10-6-12)13-1-2-13/h11-13,15H,1-10H2,(H,16,18). The smallest absolute Gasteiger partial charge is 0.223 e. The van der Waals surface area contributed by atoms with Crippen molar-refractivity contribution >= 4 is 5.91 Å². The lowest BCUT2D eigenvalue weighted by Gasteiger charge is -2.33. The van der Waals surface area contributed by atoms with Gasteiger partial charge >= 0.3 is 0 Å². The molecular weight excluding hydrogens is 226 g/mol.